The number of allylic oxidation sites excluding steroid dienone is 4. The first-order chi connectivity index (χ1) is 44.2. The highest BCUT2D eigenvalue weighted by Gasteiger charge is 2.20. The van der Waals surface area contributed by atoms with Crippen molar-refractivity contribution in [3.8, 4) is 0 Å². The molecule has 534 valence electrons. The van der Waals surface area contributed by atoms with Gasteiger partial charge in [-0.1, -0.05) is 279 Å². The molecule has 1 rings (SSSR count). The predicted molar refractivity (Wildman–Crippen MR) is 397 cm³/mol. The van der Waals surface area contributed by atoms with E-state index in [1.54, 1.807) is 0 Å². The number of hydrogen-bond donors (Lipinski definition) is 4. The van der Waals surface area contributed by atoms with Gasteiger partial charge in [-0.25, -0.2) is 0 Å². The van der Waals surface area contributed by atoms with E-state index in [0.29, 0.717) is 52.2 Å². The van der Waals surface area contributed by atoms with Crippen LogP contribution in [0.1, 0.15) is 349 Å². The van der Waals surface area contributed by atoms with Crippen molar-refractivity contribution in [3.63, 3.8) is 0 Å². The van der Waals surface area contributed by atoms with Gasteiger partial charge in [0.15, 0.2) is 0 Å². The summed E-state index contributed by atoms with van der Waals surface area (Å²) in [6, 6.07) is 0. The Kier molecular flexibility index (Phi) is 67.6. The minimum atomic E-state index is -0.402. The maximum Gasteiger partial charge on any atom is 0.305 e. The third-order valence-corrected chi connectivity index (χ3v) is 21.3. The number of carbonyl (C=O) groups is 1. The largest absolute Gasteiger partial charge is 0.464 e. The van der Waals surface area contributed by atoms with Crippen molar-refractivity contribution >= 4 is 27.6 Å². The van der Waals surface area contributed by atoms with E-state index in [2.05, 4.69) is 71.6 Å². The van der Waals surface area contributed by atoms with Crippen molar-refractivity contribution in [1.82, 2.24) is 19.6 Å². The summed E-state index contributed by atoms with van der Waals surface area (Å²) in [6.45, 7) is 19.7. The summed E-state index contributed by atoms with van der Waals surface area (Å²) < 4.78 is 5.74. The van der Waals surface area contributed by atoms with Gasteiger partial charge in [0.2, 0.25) is 0 Å². The molecule has 0 saturated carbocycles. The minimum Gasteiger partial charge on any atom is -0.464 e. The van der Waals surface area contributed by atoms with E-state index >= 15 is 0 Å². The van der Waals surface area contributed by atoms with Gasteiger partial charge in [-0.05, 0) is 129 Å². The molecular formula is C78H154N4O6S2. The zero-order valence-corrected chi connectivity index (χ0v) is 61.9. The van der Waals surface area contributed by atoms with Crippen LogP contribution >= 0.6 is 21.6 Å². The highest BCUT2D eigenvalue weighted by Crippen LogP contribution is 2.25. The number of nitrogens with zero attached hydrogens (tertiary/aromatic N) is 4. The van der Waals surface area contributed by atoms with E-state index in [0.717, 1.165) is 109 Å². The van der Waals surface area contributed by atoms with Gasteiger partial charge in [0, 0.05) is 76.8 Å². The van der Waals surface area contributed by atoms with E-state index in [4.69, 9.17) is 4.74 Å². The molecule has 0 amide bonds. The van der Waals surface area contributed by atoms with Gasteiger partial charge >= 0.3 is 5.97 Å². The lowest BCUT2D eigenvalue weighted by Crippen LogP contribution is -2.47. The van der Waals surface area contributed by atoms with Crippen LogP contribution in [0.4, 0.5) is 0 Å². The quantitative estimate of drug-likeness (QED) is 0.0201. The fourth-order valence-electron chi connectivity index (χ4n) is 12.8. The summed E-state index contributed by atoms with van der Waals surface area (Å²) in [5.74, 6) is 2.20. The maximum atomic E-state index is 12.9. The zero-order valence-electron chi connectivity index (χ0n) is 60.3. The Hall–Kier alpha value is -0.670. The standard InChI is InChI=1S/C78H154N4O6S2/c1-5-9-13-17-21-25-27-29-31-33-35-39-43-47-54-74(83)70-81(71-75(84)55-48-44-40-36-34-32-30-28-26-22-18-14-10-6-2)60-50-52-69-90-89-68-51-49-59-79-62-64-80(65-63-79)66-67-88-78(87)58-53-61-82(72-76(85)56-45-41-37-23-19-15-11-7-3)73-77(86)57-46-42-38-24-20-16-12-8-4/h29-32,74-77,83-86H,5-28,33-73H2,1-4H3/b31-29-,32-30-. The van der Waals surface area contributed by atoms with E-state index in [9.17, 15) is 25.2 Å². The highest BCUT2D eigenvalue weighted by atomic mass is 33.1. The molecule has 1 saturated heterocycles. The van der Waals surface area contributed by atoms with Crippen molar-refractivity contribution in [2.75, 3.05) is 96.6 Å². The highest BCUT2D eigenvalue weighted by molar-refractivity contribution is 8.76. The molecule has 1 aliphatic heterocycles. The number of aliphatic hydroxyl groups is 4. The van der Waals surface area contributed by atoms with Crippen LogP contribution in [0.15, 0.2) is 24.3 Å². The second kappa shape index (κ2) is 69.7. The molecule has 0 radical (unpaired) electrons. The third-order valence-electron chi connectivity index (χ3n) is 18.7. The van der Waals surface area contributed by atoms with Crippen LogP contribution in [0.3, 0.4) is 0 Å². The van der Waals surface area contributed by atoms with Crippen LogP contribution in [0, 0.1) is 0 Å². The number of rotatable bonds is 72. The molecule has 0 aromatic heterocycles. The molecule has 1 heterocycles. The number of carbonyl (C=O) groups excluding carboxylic acids is 1. The first-order valence-corrected chi connectivity index (χ1v) is 42.0. The van der Waals surface area contributed by atoms with Gasteiger partial charge in [0.25, 0.3) is 0 Å². The zero-order chi connectivity index (χ0) is 65.1. The Morgan fingerprint density at radius 2 is 0.656 bits per heavy atom. The van der Waals surface area contributed by atoms with Crippen molar-refractivity contribution in [2.45, 2.75) is 373 Å². The molecule has 1 aliphatic rings. The average Bonchev–Trinajstić information content (AvgIpc) is 3.67. The third kappa shape index (κ3) is 62.2. The van der Waals surface area contributed by atoms with Crippen LogP contribution in [0.25, 0.3) is 0 Å². The van der Waals surface area contributed by atoms with E-state index in [-0.39, 0.29) is 18.2 Å². The molecule has 1 fully saturated rings. The van der Waals surface area contributed by atoms with E-state index in [1.165, 1.54) is 256 Å². The predicted octanol–water partition coefficient (Wildman–Crippen LogP) is 20.3. The van der Waals surface area contributed by atoms with Crippen LogP contribution in [-0.4, -0.2) is 167 Å². The summed E-state index contributed by atoms with van der Waals surface area (Å²) in [5, 5.41) is 44.4. The summed E-state index contributed by atoms with van der Waals surface area (Å²) in [7, 11) is 4.04. The molecule has 4 atom stereocenters. The fraction of sp³-hybridized carbons (Fsp3) is 0.936. The lowest BCUT2D eigenvalue weighted by atomic mass is 10.0. The lowest BCUT2D eigenvalue weighted by molar-refractivity contribution is -0.144. The Morgan fingerprint density at radius 1 is 0.367 bits per heavy atom. The Labute approximate surface area is 568 Å². The number of unbranched alkanes of at least 4 members (excludes halogenated alkanes) is 36. The monoisotopic (exact) mass is 1310 g/mol. The maximum absolute atomic E-state index is 12.9. The van der Waals surface area contributed by atoms with Crippen LogP contribution in [0.5, 0.6) is 0 Å². The molecule has 0 aliphatic carbocycles. The average molecular weight is 1310 g/mol. The topological polar surface area (TPSA) is 120 Å². The smallest absolute Gasteiger partial charge is 0.305 e. The fourth-order valence-corrected chi connectivity index (χ4v) is 15.1. The van der Waals surface area contributed by atoms with Gasteiger partial charge < -0.3 is 30.1 Å². The molecule has 10 nitrogen and oxygen atoms in total. The first-order valence-electron chi connectivity index (χ1n) is 39.5. The molecular weight excluding hydrogens is 1150 g/mol. The van der Waals surface area contributed by atoms with Crippen molar-refractivity contribution in [2.24, 2.45) is 0 Å². The molecule has 0 spiro atoms. The van der Waals surface area contributed by atoms with E-state index in [1.807, 2.05) is 21.6 Å². The summed E-state index contributed by atoms with van der Waals surface area (Å²) in [4.78, 5) is 22.5. The van der Waals surface area contributed by atoms with Gasteiger partial charge in [0.05, 0.1) is 24.4 Å². The molecule has 4 unspecified atom stereocenters. The summed E-state index contributed by atoms with van der Waals surface area (Å²) in [6.07, 6.45) is 68.1. The number of aliphatic hydroxyl groups excluding tert-OH is 4. The lowest BCUT2D eigenvalue weighted by Gasteiger charge is -2.34. The van der Waals surface area contributed by atoms with Gasteiger partial charge in [0.1, 0.15) is 6.61 Å². The summed E-state index contributed by atoms with van der Waals surface area (Å²) >= 11 is 0. The molecule has 12 heteroatoms. The van der Waals surface area contributed by atoms with Gasteiger partial charge in [-0.2, -0.15) is 0 Å². The normalized spacial score (nSPS) is 15.0. The first kappa shape index (κ1) is 87.3. The second-order valence-corrected chi connectivity index (χ2v) is 30.5. The van der Waals surface area contributed by atoms with E-state index < -0.39 is 12.2 Å². The van der Waals surface area contributed by atoms with Crippen molar-refractivity contribution in [3.05, 3.63) is 24.3 Å². The Bertz CT molecular complexity index is 1430. The molecule has 4 N–H and O–H groups in total. The van der Waals surface area contributed by atoms with Crippen molar-refractivity contribution in [1.29, 1.82) is 0 Å². The van der Waals surface area contributed by atoms with Crippen LogP contribution < -0.4 is 0 Å². The Morgan fingerprint density at radius 3 is 1.00 bits per heavy atom. The molecule has 90 heavy (non-hydrogen) atoms. The van der Waals surface area contributed by atoms with Crippen LogP contribution in [0.2, 0.25) is 0 Å². The number of esters is 1. The van der Waals surface area contributed by atoms with Gasteiger partial charge in [-0.15, -0.1) is 0 Å². The summed E-state index contributed by atoms with van der Waals surface area (Å²) in [5.41, 5.74) is 0. The second-order valence-electron chi connectivity index (χ2n) is 27.8. The number of ether oxygens (including phenoxy) is 1. The Balaban J connectivity index is 2.35. The molecule has 0 bridgehead atoms. The van der Waals surface area contributed by atoms with Crippen LogP contribution in [-0.2, 0) is 9.53 Å². The SMILES string of the molecule is CCCCCCCC/C=C\CCCCCCC(O)CN(CCCCSSCCCCN1CCN(CCOC(=O)CCCN(CC(O)CCCCCCCCCC)CC(O)CCCCCCCCCC)CC1)CC(O)CCCCCC/C=C\CCCCCCCC. The minimum absolute atomic E-state index is 0.138. The van der Waals surface area contributed by atoms with Crippen molar-refractivity contribution < 1.29 is 30.0 Å². The number of piperazine rings is 1. The van der Waals surface area contributed by atoms with Gasteiger partial charge in [-0.3, -0.25) is 19.5 Å². The number of hydrogen-bond acceptors (Lipinski definition) is 12. The molecule has 0 aromatic carbocycles. The molecule has 0 aromatic rings.